The van der Waals surface area contributed by atoms with E-state index >= 15 is 0 Å². The molecule has 3 aromatic rings. The van der Waals surface area contributed by atoms with Crippen molar-refractivity contribution in [1.82, 2.24) is 4.98 Å². The van der Waals surface area contributed by atoms with E-state index in [0.29, 0.717) is 28.1 Å². The summed E-state index contributed by atoms with van der Waals surface area (Å²) in [6.07, 6.45) is 4.45. The van der Waals surface area contributed by atoms with Crippen LogP contribution in [0.3, 0.4) is 0 Å². The lowest BCUT2D eigenvalue weighted by Gasteiger charge is -2.10. The maximum atomic E-state index is 12.4. The third kappa shape index (κ3) is 4.92. The molecule has 0 saturated carbocycles. The van der Waals surface area contributed by atoms with Gasteiger partial charge < -0.3 is 25.3 Å². The maximum Gasteiger partial charge on any atom is 0.341 e. The van der Waals surface area contributed by atoms with Crippen molar-refractivity contribution >= 4 is 40.2 Å². The highest BCUT2D eigenvalue weighted by Crippen LogP contribution is 2.28. The number of nitrogen functional groups attached to an aromatic ring is 1. The van der Waals surface area contributed by atoms with Gasteiger partial charge in [-0.3, -0.25) is 9.78 Å². The molecule has 1 amide bonds. The number of hydrogen-bond acceptors (Lipinski definition) is 7. The van der Waals surface area contributed by atoms with Crippen LogP contribution in [-0.4, -0.2) is 37.7 Å². The molecule has 0 aliphatic heterocycles. The second kappa shape index (κ2) is 9.62. The third-order valence-corrected chi connectivity index (χ3v) is 4.51. The van der Waals surface area contributed by atoms with Gasteiger partial charge in [-0.25, -0.2) is 4.79 Å². The quantitative estimate of drug-likeness (QED) is 0.442. The van der Waals surface area contributed by atoms with Gasteiger partial charge in [0.1, 0.15) is 5.56 Å². The summed E-state index contributed by atoms with van der Waals surface area (Å²) in [5.74, 6) is 0.303. The lowest BCUT2D eigenvalue weighted by molar-refractivity contribution is -0.111. The fourth-order valence-electron chi connectivity index (χ4n) is 2.97. The number of esters is 1. The molecular weight excluding hydrogens is 398 g/mol. The van der Waals surface area contributed by atoms with Gasteiger partial charge in [-0.2, -0.15) is 0 Å². The Morgan fingerprint density at radius 3 is 2.58 bits per heavy atom. The Morgan fingerprint density at radius 2 is 1.87 bits per heavy atom. The molecular formula is C23H23N3O5. The van der Waals surface area contributed by atoms with E-state index in [2.05, 4.69) is 10.3 Å². The van der Waals surface area contributed by atoms with Crippen molar-refractivity contribution in [2.75, 3.05) is 31.9 Å². The number of rotatable bonds is 7. The standard InChI is InChI=1S/C23H23N3O5/c1-4-31-23(28)17-13-25-18-8-7-15(12-16(18)22(17)24)26-21(27)10-6-14-5-9-19(29-2)20(11-14)30-3/h5-13H,4H2,1-3H3,(H2,24,25)(H,26,27)/b10-6+. The van der Waals surface area contributed by atoms with Crippen LogP contribution in [0, 0.1) is 0 Å². The van der Waals surface area contributed by atoms with Crippen molar-refractivity contribution in [1.29, 1.82) is 0 Å². The largest absolute Gasteiger partial charge is 0.493 e. The minimum Gasteiger partial charge on any atom is -0.493 e. The molecule has 0 spiro atoms. The van der Waals surface area contributed by atoms with Crippen LogP contribution in [0.5, 0.6) is 11.5 Å². The van der Waals surface area contributed by atoms with E-state index in [0.717, 1.165) is 5.56 Å². The predicted molar refractivity (Wildman–Crippen MR) is 119 cm³/mol. The monoisotopic (exact) mass is 421 g/mol. The molecule has 0 bridgehead atoms. The normalized spacial score (nSPS) is 10.8. The smallest absolute Gasteiger partial charge is 0.341 e. The maximum absolute atomic E-state index is 12.4. The van der Waals surface area contributed by atoms with Crippen LogP contribution in [-0.2, 0) is 9.53 Å². The zero-order chi connectivity index (χ0) is 22.4. The number of aromatic nitrogens is 1. The van der Waals surface area contributed by atoms with E-state index in [1.54, 1.807) is 57.6 Å². The number of nitrogens with zero attached hydrogens (tertiary/aromatic N) is 1. The molecule has 1 aromatic heterocycles. The summed E-state index contributed by atoms with van der Waals surface area (Å²) in [6, 6.07) is 10.4. The lowest BCUT2D eigenvalue weighted by atomic mass is 10.1. The number of methoxy groups -OCH3 is 2. The van der Waals surface area contributed by atoms with Crippen LogP contribution < -0.4 is 20.5 Å². The average Bonchev–Trinajstić information content (AvgIpc) is 2.78. The van der Waals surface area contributed by atoms with Crippen LogP contribution in [0.1, 0.15) is 22.8 Å². The molecule has 31 heavy (non-hydrogen) atoms. The summed E-state index contributed by atoms with van der Waals surface area (Å²) < 4.78 is 15.5. The number of amides is 1. The number of nitrogens with two attached hydrogens (primary N) is 1. The minimum atomic E-state index is -0.540. The van der Waals surface area contributed by atoms with Crippen LogP contribution in [0.15, 0.2) is 48.7 Å². The van der Waals surface area contributed by atoms with Crippen molar-refractivity contribution in [3.05, 3.63) is 59.8 Å². The van der Waals surface area contributed by atoms with Crippen molar-refractivity contribution in [3.8, 4) is 11.5 Å². The topological polar surface area (TPSA) is 113 Å². The first-order valence-corrected chi connectivity index (χ1v) is 9.53. The van der Waals surface area contributed by atoms with Crippen molar-refractivity contribution in [2.24, 2.45) is 0 Å². The molecule has 8 nitrogen and oxygen atoms in total. The Morgan fingerprint density at radius 1 is 1.10 bits per heavy atom. The number of carbonyl (C=O) groups excluding carboxylic acids is 2. The van der Waals surface area contributed by atoms with Crippen LogP contribution in [0.2, 0.25) is 0 Å². The number of benzene rings is 2. The number of anilines is 2. The number of ether oxygens (including phenoxy) is 3. The first kappa shape index (κ1) is 21.6. The zero-order valence-corrected chi connectivity index (χ0v) is 17.5. The predicted octanol–water partition coefficient (Wildman–Crippen LogP) is 3.66. The molecule has 3 rings (SSSR count). The molecule has 2 aromatic carbocycles. The molecule has 160 valence electrons. The SMILES string of the molecule is CCOC(=O)c1cnc2ccc(NC(=O)/C=C/c3ccc(OC)c(OC)c3)cc2c1N. The van der Waals surface area contributed by atoms with Crippen molar-refractivity contribution in [3.63, 3.8) is 0 Å². The van der Waals surface area contributed by atoms with Crippen molar-refractivity contribution < 1.29 is 23.8 Å². The number of fused-ring (bicyclic) bond motifs is 1. The summed E-state index contributed by atoms with van der Waals surface area (Å²) in [4.78, 5) is 28.7. The minimum absolute atomic E-state index is 0.186. The van der Waals surface area contributed by atoms with Gasteiger partial charge in [0.25, 0.3) is 0 Å². The van der Waals surface area contributed by atoms with E-state index in [-0.39, 0.29) is 23.8 Å². The lowest BCUT2D eigenvalue weighted by Crippen LogP contribution is -2.10. The van der Waals surface area contributed by atoms with Crippen LogP contribution in [0.4, 0.5) is 11.4 Å². The van der Waals surface area contributed by atoms with Gasteiger partial charge in [0.2, 0.25) is 5.91 Å². The second-order valence-corrected chi connectivity index (χ2v) is 6.47. The van der Waals surface area contributed by atoms with Gasteiger partial charge >= 0.3 is 5.97 Å². The molecule has 3 N–H and O–H groups in total. The summed E-state index contributed by atoms with van der Waals surface area (Å²) in [7, 11) is 3.11. The number of hydrogen-bond donors (Lipinski definition) is 2. The fourth-order valence-corrected chi connectivity index (χ4v) is 2.97. The van der Waals surface area contributed by atoms with Gasteiger partial charge in [0, 0.05) is 23.3 Å². The second-order valence-electron chi connectivity index (χ2n) is 6.47. The van der Waals surface area contributed by atoms with Crippen LogP contribution >= 0.6 is 0 Å². The highest BCUT2D eigenvalue weighted by atomic mass is 16.5. The van der Waals surface area contributed by atoms with Gasteiger partial charge in [-0.15, -0.1) is 0 Å². The Labute approximate surface area is 179 Å². The fraction of sp³-hybridized carbons (Fsp3) is 0.174. The first-order valence-electron chi connectivity index (χ1n) is 9.53. The van der Waals surface area contributed by atoms with Gasteiger partial charge in [0.15, 0.2) is 11.5 Å². The average molecular weight is 421 g/mol. The molecule has 0 aliphatic rings. The molecule has 1 heterocycles. The molecule has 0 unspecified atom stereocenters. The number of carbonyl (C=O) groups is 2. The molecule has 0 radical (unpaired) electrons. The number of nitrogens with one attached hydrogen (secondary N) is 1. The molecule has 0 fully saturated rings. The Kier molecular flexibility index (Phi) is 6.71. The Balaban J connectivity index is 1.79. The molecule has 8 heteroatoms. The summed E-state index contributed by atoms with van der Waals surface area (Å²) in [5, 5.41) is 3.32. The highest BCUT2D eigenvalue weighted by molar-refractivity contribution is 6.07. The van der Waals surface area contributed by atoms with Gasteiger partial charge in [0.05, 0.1) is 32.0 Å². The number of pyridine rings is 1. The molecule has 0 aliphatic carbocycles. The molecule has 0 atom stereocenters. The zero-order valence-electron chi connectivity index (χ0n) is 17.5. The van der Waals surface area contributed by atoms with E-state index < -0.39 is 5.97 Å². The van der Waals surface area contributed by atoms with E-state index in [1.807, 2.05) is 6.07 Å². The summed E-state index contributed by atoms with van der Waals surface area (Å²) in [6.45, 7) is 1.95. The van der Waals surface area contributed by atoms with E-state index in [1.165, 1.54) is 12.3 Å². The van der Waals surface area contributed by atoms with E-state index in [9.17, 15) is 9.59 Å². The summed E-state index contributed by atoms with van der Waals surface area (Å²) in [5.41, 5.74) is 8.48. The van der Waals surface area contributed by atoms with Crippen molar-refractivity contribution in [2.45, 2.75) is 6.92 Å². The van der Waals surface area contributed by atoms with Crippen LogP contribution in [0.25, 0.3) is 17.0 Å². The Hall–Kier alpha value is -4.07. The highest BCUT2D eigenvalue weighted by Gasteiger charge is 2.15. The van der Waals surface area contributed by atoms with Gasteiger partial charge in [-0.05, 0) is 48.9 Å². The van der Waals surface area contributed by atoms with E-state index in [4.69, 9.17) is 19.9 Å². The third-order valence-electron chi connectivity index (χ3n) is 4.51. The molecule has 0 saturated heterocycles. The first-order chi connectivity index (χ1) is 15.0. The van der Waals surface area contributed by atoms with Gasteiger partial charge in [-0.1, -0.05) is 6.07 Å². The Bertz CT molecular complexity index is 1160. The summed E-state index contributed by atoms with van der Waals surface area (Å²) >= 11 is 0.